The van der Waals surface area contributed by atoms with Gasteiger partial charge in [0, 0.05) is 39.3 Å². The van der Waals surface area contributed by atoms with Crippen LogP contribution in [0.2, 0.25) is 0 Å². The molecule has 0 radical (unpaired) electrons. The zero-order chi connectivity index (χ0) is 36.8. The van der Waals surface area contributed by atoms with E-state index in [1.54, 1.807) is 24.3 Å². The summed E-state index contributed by atoms with van der Waals surface area (Å²) >= 11 is 0. The quantitative estimate of drug-likeness (QED) is 0.142. The highest BCUT2D eigenvalue weighted by molar-refractivity contribution is 6.00. The van der Waals surface area contributed by atoms with E-state index in [0.29, 0.717) is 11.5 Å². The van der Waals surface area contributed by atoms with Crippen molar-refractivity contribution in [2.75, 3.05) is 83.1 Å². The fourth-order valence-electron chi connectivity index (χ4n) is 4.23. The normalized spacial score (nSPS) is 10.6. The maximum Gasteiger partial charge on any atom is 0.280 e. The van der Waals surface area contributed by atoms with Crippen molar-refractivity contribution in [3.8, 4) is 23.0 Å². The van der Waals surface area contributed by atoms with Gasteiger partial charge in [-0.1, -0.05) is 12.1 Å². The van der Waals surface area contributed by atoms with Crippen LogP contribution in [-0.2, 0) is 19.4 Å². The molecule has 16 nitrogen and oxygen atoms in total. The highest BCUT2D eigenvalue weighted by Crippen LogP contribution is 2.28. The molecule has 0 atom stereocenters. The molecule has 0 aliphatic carbocycles. The van der Waals surface area contributed by atoms with E-state index in [-0.39, 0.29) is 60.2 Å². The average Bonchev–Trinajstić information content (AvgIpc) is 3.15. The third-order valence-electron chi connectivity index (χ3n) is 7.20. The Morgan fingerprint density at radius 2 is 0.740 bits per heavy atom. The number of ether oxygens (including phenoxy) is 4. The molecule has 0 N–H and O–H groups in total. The van der Waals surface area contributed by atoms with Gasteiger partial charge in [0.05, 0.1) is 39.6 Å². The molecule has 4 amide bonds. The molecule has 0 heterocycles. The number of hydrogen-bond donors (Lipinski definition) is 0. The molecule has 0 aliphatic heterocycles. The molecule has 270 valence electrons. The van der Waals surface area contributed by atoms with E-state index < -0.39 is 23.6 Å². The first-order valence-corrected chi connectivity index (χ1v) is 15.1. The summed E-state index contributed by atoms with van der Waals surface area (Å²) in [5, 5.41) is 4.16. The largest absolute Gasteiger partial charge is 0.489 e. The number of hydroxylamine groups is 8. The van der Waals surface area contributed by atoms with Crippen LogP contribution in [0.1, 0.15) is 41.4 Å². The number of hydrogen-bond acceptors (Lipinski definition) is 12. The van der Waals surface area contributed by atoms with Crippen LogP contribution < -0.4 is 18.9 Å². The van der Waals surface area contributed by atoms with Gasteiger partial charge in [0.15, 0.2) is 11.5 Å². The molecule has 0 fully saturated rings. The van der Waals surface area contributed by atoms with Gasteiger partial charge in [0.2, 0.25) is 0 Å². The summed E-state index contributed by atoms with van der Waals surface area (Å²) < 4.78 is 23.6. The molecular weight excluding hydrogens is 656 g/mol. The van der Waals surface area contributed by atoms with Crippen LogP contribution in [-0.4, -0.2) is 127 Å². The summed E-state index contributed by atoms with van der Waals surface area (Å²) in [4.78, 5) is 71.0. The lowest BCUT2D eigenvalue weighted by Gasteiger charge is -2.19. The van der Waals surface area contributed by atoms with Crippen molar-refractivity contribution in [1.82, 2.24) is 20.3 Å². The Labute approximate surface area is 290 Å². The van der Waals surface area contributed by atoms with E-state index in [1.165, 1.54) is 93.0 Å². The zero-order valence-electron chi connectivity index (χ0n) is 29.3. The first-order chi connectivity index (χ1) is 24.0. The highest BCUT2D eigenvalue weighted by Gasteiger charge is 2.22. The topological polar surface area (TPSA) is 155 Å². The summed E-state index contributed by atoms with van der Waals surface area (Å²) in [5.74, 6) is -0.726. The van der Waals surface area contributed by atoms with Gasteiger partial charge >= 0.3 is 0 Å². The minimum Gasteiger partial charge on any atom is -0.489 e. The van der Waals surface area contributed by atoms with Crippen molar-refractivity contribution < 1.29 is 57.5 Å². The minimum absolute atomic E-state index is 0.00618. The lowest BCUT2D eigenvalue weighted by atomic mass is 10.1. The van der Waals surface area contributed by atoms with E-state index in [4.69, 9.17) is 38.3 Å². The van der Waals surface area contributed by atoms with Crippen molar-refractivity contribution >= 4 is 23.6 Å². The number of benzene rings is 3. The SMILES string of the molecule is CON(C)C(=O)c1ccc(C(=O)N(C)OC)c(OCCOc2ccccc2OCCOc2cc(C(=O)N(C)OC)ccc2C(=O)N(C)OC)c1. The van der Waals surface area contributed by atoms with E-state index in [2.05, 4.69) is 0 Å². The van der Waals surface area contributed by atoms with E-state index in [1.807, 2.05) is 0 Å². The molecule has 0 aromatic heterocycles. The molecule has 50 heavy (non-hydrogen) atoms. The van der Waals surface area contributed by atoms with Crippen molar-refractivity contribution in [1.29, 1.82) is 0 Å². The molecular formula is C34H42N4O12. The molecule has 0 spiro atoms. The molecule has 0 saturated heterocycles. The predicted molar refractivity (Wildman–Crippen MR) is 178 cm³/mol. The zero-order valence-corrected chi connectivity index (χ0v) is 29.3. The van der Waals surface area contributed by atoms with Crippen molar-refractivity contribution in [3.05, 3.63) is 82.9 Å². The lowest BCUT2D eigenvalue weighted by Crippen LogP contribution is -2.27. The summed E-state index contributed by atoms with van der Waals surface area (Å²) in [5.41, 5.74) is 0.833. The number of rotatable bonds is 18. The summed E-state index contributed by atoms with van der Waals surface area (Å²) in [6.45, 7) is 0.116. The molecule has 0 saturated carbocycles. The number of nitrogens with zero attached hydrogens (tertiary/aromatic N) is 4. The second kappa shape index (κ2) is 18.9. The Balaban J connectivity index is 1.67. The summed E-state index contributed by atoms with van der Waals surface area (Å²) in [7, 11) is 11.3. The van der Waals surface area contributed by atoms with E-state index in [0.717, 1.165) is 20.3 Å². The lowest BCUT2D eigenvalue weighted by molar-refractivity contribution is -0.0761. The number of carbonyl (C=O) groups excluding carboxylic acids is 4. The Morgan fingerprint density at radius 1 is 0.440 bits per heavy atom. The van der Waals surface area contributed by atoms with Crippen molar-refractivity contribution in [3.63, 3.8) is 0 Å². The Kier molecular flexibility index (Phi) is 14.8. The first-order valence-electron chi connectivity index (χ1n) is 15.1. The third kappa shape index (κ3) is 10.1. The molecule has 3 aromatic rings. The number of carbonyl (C=O) groups is 4. The van der Waals surface area contributed by atoms with Crippen LogP contribution in [0.4, 0.5) is 0 Å². The molecule has 3 rings (SSSR count). The van der Waals surface area contributed by atoms with Gasteiger partial charge in [-0.05, 0) is 48.5 Å². The smallest absolute Gasteiger partial charge is 0.280 e. The van der Waals surface area contributed by atoms with Gasteiger partial charge in [0.1, 0.15) is 37.9 Å². The summed E-state index contributed by atoms with van der Waals surface area (Å²) in [6, 6.07) is 15.7. The monoisotopic (exact) mass is 698 g/mol. The fourth-order valence-corrected chi connectivity index (χ4v) is 4.23. The van der Waals surface area contributed by atoms with Crippen LogP contribution >= 0.6 is 0 Å². The summed E-state index contributed by atoms with van der Waals surface area (Å²) in [6.07, 6.45) is 0. The van der Waals surface area contributed by atoms with Crippen molar-refractivity contribution in [2.45, 2.75) is 0 Å². The van der Waals surface area contributed by atoms with Gasteiger partial charge in [-0.15, -0.1) is 0 Å². The van der Waals surface area contributed by atoms with Gasteiger partial charge in [-0.25, -0.2) is 20.3 Å². The van der Waals surface area contributed by atoms with Crippen LogP contribution in [0.15, 0.2) is 60.7 Å². The molecule has 3 aromatic carbocycles. The van der Waals surface area contributed by atoms with Crippen LogP contribution in [0.25, 0.3) is 0 Å². The minimum atomic E-state index is -0.480. The average molecular weight is 699 g/mol. The Morgan fingerprint density at radius 3 is 1.06 bits per heavy atom. The van der Waals surface area contributed by atoms with E-state index in [9.17, 15) is 19.2 Å². The third-order valence-corrected chi connectivity index (χ3v) is 7.20. The number of para-hydroxylation sites is 2. The van der Waals surface area contributed by atoms with Gasteiger partial charge in [0.25, 0.3) is 23.6 Å². The molecule has 0 bridgehead atoms. The Hall–Kier alpha value is -5.42. The van der Waals surface area contributed by atoms with Crippen LogP contribution in [0.3, 0.4) is 0 Å². The maximum absolute atomic E-state index is 12.9. The molecule has 0 aliphatic rings. The van der Waals surface area contributed by atoms with Crippen molar-refractivity contribution in [2.24, 2.45) is 0 Å². The van der Waals surface area contributed by atoms with E-state index >= 15 is 0 Å². The second-order valence-electron chi connectivity index (χ2n) is 10.2. The second-order valence-corrected chi connectivity index (χ2v) is 10.2. The highest BCUT2D eigenvalue weighted by atomic mass is 16.7. The van der Waals surface area contributed by atoms with Crippen LogP contribution in [0.5, 0.6) is 23.0 Å². The van der Waals surface area contributed by atoms with Gasteiger partial charge < -0.3 is 18.9 Å². The maximum atomic E-state index is 12.9. The Bertz CT molecular complexity index is 1520. The standard InChI is InChI=1S/C34H42N4O12/c1-35(43-5)31(39)23-13-15-25(33(41)37(3)45-7)29(21-23)49-19-17-47-27-11-9-10-12-28(27)48-18-20-50-30-22-24(32(40)36(2)44-6)14-16-26(30)34(42)38(4)46-8/h9-16,21-22H,17-20H2,1-8H3. The predicted octanol–water partition coefficient (Wildman–Crippen LogP) is 3.14. The molecule has 16 heteroatoms. The number of amides is 4. The fraction of sp³-hybridized carbons (Fsp3) is 0.353. The first kappa shape index (κ1) is 39.0. The van der Waals surface area contributed by atoms with Crippen LogP contribution in [0, 0.1) is 0 Å². The van der Waals surface area contributed by atoms with Gasteiger partial charge in [-0.3, -0.25) is 38.5 Å². The van der Waals surface area contributed by atoms with Gasteiger partial charge in [-0.2, -0.15) is 0 Å². The molecule has 0 unspecified atom stereocenters.